The average molecular weight is 523 g/mol. The highest BCUT2D eigenvalue weighted by Crippen LogP contribution is 2.48. The molecule has 0 spiro atoms. The van der Waals surface area contributed by atoms with Crippen molar-refractivity contribution < 1.29 is 21.6 Å². The van der Waals surface area contributed by atoms with E-state index in [9.17, 15) is 21.6 Å². The van der Waals surface area contributed by atoms with Gasteiger partial charge >= 0.3 is 6.18 Å². The van der Waals surface area contributed by atoms with Gasteiger partial charge in [0.15, 0.2) is 0 Å². The lowest BCUT2D eigenvalue weighted by Gasteiger charge is -2.40. The summed E-state index contributed by atoms with van der Waals surface area (Å²) in [5, 5.41) is 5.48. The van der Waals surface area contributed by atoms with Gasteiger partial charge in [-0.2, -0.15) is 13.2 Å². The van der Waals surface area contributed by atoms with E-state index in [2.05, 4.69) is 10.0 Å². The lowest BCUT2D eigenvalue weighted by molar-refractivity contribution is -0.137. The summed E-state index contributed by atoms with van der Waals surface area (Å²) in [7, 11) is -3.35. The van der Waals surface area contributed by atoms with Gasteiger partial charge in [-0.15, -0.1) is 22.9 Å². The minimum Gasteiger partial charge on any atom is -0.377 e. The van der Waals surface area contributed by atoms with E-state index in [4.69, 9.17) is 11.6 Å². The summed E-state index contributed by atoms with van der Waals surface area (Å²) in [6, 6.07) is 7.94. The molecule has 1 unspecified atom stereocenters. The molecule has 1 aromatic carbocycles. The van der Waals surface area contributed by atoms with E-state index in [1.807, 2.05) is 31.4 Å². The highest BCUT2D eigenvalue weighted by atomic mass is 35.5. The summed E-state index contributed by atoms with van der Waals surface area (Å²) in [5.41, 5.74) is 0.783. The molecule has 2 heterocycles. The number of nitrogens with one attached hydrogen (secondary N) is 2. The molecule has 2 aromatic rings. The fraction of sp³-hybridized carbons (Fsp3) is 0.565. The van der Waals surface area contributed by atoms with Crippen LogP contribution in [0.2, 0.25) is 0 Å². The summed E-state index contributed by atoms with van der Waals surface area (Å²) in [6.45, 7) is 4.31. The van der Waals surface area contributed by atoms with Gasteiger partial charge in [0.2, 0.25) is 10.0 Å². The zero-order valence-electron chi connectivity index (χ0n) is 18.7. The van der Waals surface area contributed by atoms with E-state index >= 15 is 0 Å². The number of anilines is 1. The molecule has 0 fully saturated rings. The van der Waals surface area contributed by atoms with Crippen LogP contribution in [0.3, 0.4) is 0 Å². The third-order valence-electron chi connectivity index (χ3n) is 6.29. The first kappa shape index (κ1) is 26.3. The summed E-state index contributed by atoms with van der Waals surface area (Å²) < 4.78 is 66.7. The van der Waals surface area contributed by atoms with Crippen LogP contribution in [0.15, 0.2) is 35.7 Å². The second kappa shape index (κ2) is 11.0. The SMILES string of the molecule is CC1c2cc(C(F)(F)F)ccc2N[C@@H](c2cccs2)[C@@H]1CC[C@@H](C)CNS(=O)(=O)CCCCl. The van der Waals surface area contributed by atoms with Crippen LogP contribution in [-0.2, 0) is 16.2 Å². The van der Waals surface area contributed by atoms with Gasteiger partial charge in [0.25, 0.3) is 0 Å². The van der Waals surface area contributed by atoms with E-state index in [0.29, 0.717) is 24.4 Å². The van der Waals surface area contributed by atoms with Crippen LogP contribution in [0.1, 0.15) is 61.1 Å². The maximum absolute atomic E-state index is 13.3. The zero-order valence-corrected chi connectivity index (χ0v) is 21.0. The molecule has 0 bridgehead atoms. The Morgan fingerprint density at radius 3 is 2.67 bits per heavy atom. The molecule has 1 aliphatic heterocycles. The van der Waals surface area contributed by atoms with Crippen molar-refractivity contribution in [1.82, 2.24) is 4.72 Å². The zero-order chi connectivity index (χ0) is 24.2. The van der Waals surface area contributed by atoms with Gasteiger partial charge in [0.05, 0.1) is 17.4 Å². The van der Waals surface area contributed by atoms with E-state index in [0.717, 1.165) is 29.5 Å². The van der Waals surface area contributed by atoms with Gasteiger partial charge < -0.3 is 5.32 Å². The molecule has 4 atom stereocenters. The monoisotopic (exact) mass is 522 g/mol. The fourth-order valence-electron chi connectivity index (χ4n) is 4.37. The van der Waals surface area contributed by atoms with Crippen molar-refractivity contribution in [3.8, 4) is 0 Å². The van der Waals surface area contributed by atoms with Crippen molar-refractivity contribution in [2.24, 2.45) is 11.8 Å². The summed E-state index contributed by atoms with van der Waals surface area (Å²) in [6.07, 6.45) is -2.47. The minimum absolute atomic E-state index is 0.00292. The minimum atomic E-state index is -4.38. The Morgan fingerprint density at radius 2 is 2.03 bits per heavy atom. The molecule has 0 radical (unpaired) electrons. The van der Waals surface area contributed by atoms with Gasteiger partial charge in [0, 0.05) is 23.0 Å². The number of hydrogen-bond acceptors (Lipinski definition) is 4. The number of alkyl halides is 4. The number of thiophene rings is 1. The molecule has 2 N–H and O–H groups in total. The normalized spacial score (nSPS) is 21.9. The molecule has 4 nitrogen and oxygen atoms in total. The van der Waals surface area contributed by atoms with Crippen LogP contribution in [0.25, 0.3) is 0 Å². The molecule has 1 aromatic heterocycles. The third-order valence-corrected chi connectivity index (χ3v) is 8.95. The highest BCUT2D eigenvalue weighted by molar-refractivity contribution is 7.89. The molecular formula is C23H30ClF3N2O2S2. The molecule has 0 aliphatic carbocycles. The average Bonchev–Trinajstić information content (AvgIpc) is 3.29. The van der Waals surface area contributed by atoms with Crippen molar-refractivity contribution in [1.29, 1.82) is 0 Å². The van der Waals surface area contributed by atoms with Crippen molar-refractivity contribution in [3.63, 3.8) is 0 Å². The lowest BCUT2D eigenvalue weighted by atomic mass is 9.74. The topological polar surface area (TPSA) is 58.2 Å². The molecule has 3 rings (SSSR count). The third kappa shape index (κ3) is 6.87. The van der Waals surface area contributed by atoms with Gasteiger partial charge in [-0.1, -0.05) is 19.9 Å². The van der Waals surface area contributed by atoms with Gasteiger partial charge in [-0.05, 0) is 72.2 Å². The van der Waals surface area contributed by atoms with Crippen LogP contribution >= 0.6 is 22.9 Å². The Kier molecular flexibility index (Phi) is 8.75. The molecule has 1 aliphatic rings. The fourth-order valence-corrected chi connectivity index (χ4v) is 6.72. The second-order valence-corrected chi connectivity index (χ2v) is 12.1. The van der Waals surface area contributed by atoms with Gasteiger partial charge in [-0.25, -0.2) is 13.1 Å². The number of benzene rings is 1. The summed E-state index contributed by atoms with van der Waals surface area (Å²) >= 11 is 7.21. The highest BCUT2D eigenvalue weighted by Gasteiger charge is 2.38. The lowest BCUT2D eigenvalue weighted by Crippen LogP contribution is -2.33. The van der Waals surface area contributed by atoms with Gasteiger partial charge in [-0.3, -0.25) is 0 Å². The van der Waals surface area contributed by atoms with Crippen LogP contribution in [0, 0.1) is 11.8 Å². The largest absolute Gasteiger partial charge is 0.416 e. The standard InChI is InChI=1S/C23H30ClF3N2O2S2/c1-15(14-28-33(30,31)12-4-10-24)6-8-18-16(2)19-13-17(23(25,26)27)7-9-20(19)29-22(18)21-5-3-11-32-21/h3,5,7,9,11,13,15-16,18,22,28-29H,4,6,8,10,12,14H2,1-2H3/t15-,16?,18-,22-/m1/s1. The number of halogens is 4. The van der Waals surface area contributed by atoms with Crippen molar-refractivity contribution in [2.45, 2.75) is 51.2 Å². The molecule has 184 valence electrons. The van der Waals surface area contributed by atoms with E-state index < -0.39 is 21.8 Å². The number of fused-ring (bicyclic) bond motifs is 1. The molecule has 0 saturated heterocycles. The first-order chi connectivity index (χ1) is 15.5. The molecular weight excluding hydrogens is 493 g/mol. The summed E-state index contributed by atoms with van der Waals surface area (Å²) in [5.74, 6) is 0.393. The van der Waals surface area contributed by atoms with Crippen LogP contribution in [0.5, 0.6) is 0 Å². The van der Waals surface area contributed by atoms with Crippen molar-refractivity contribution >= 4 is 38.6 Å². The molecule has 33 heavy (non-hydrogen) atoms. The van der Waals surface area contributed by atoms with Crippen LogP contribution in [-0.4, -0.2) is 26.6 Å². The maximum Gasteiger partial charge on any atom is 0.416 e. The summed E-state index contributed by atoms with van der Waals surface area (Å²) in [4.78, 5) is 1.15. The smallest absolute Gasteiger partial charge is 0.377 e. The first-order valence-electron chi connectivity index (χ1n) is 11.1. The van der Waals surface area contributed by atoms with Crippen LogP contribution < -0.4 is 10.0 Å². The maximum atomic E-state index is 13.3. The van der Waals surface area contributed by atoms with Crippen LogP contribution in [0.4, 0.5) is 18.9 Å². The second-order valence-electron chi connectivity index (χ2n) is 8.78. The first-order valence-corrected chi connectivity index (χ1v) is 14.1. The number of rotatable bonds is 10. The molecule has 0 saturated carbocycles. The Bertz CT molecular complexity index is 1010. The Balaban J connectivity index is 1.74. The van der Waals surface area contributed by atoms with Crippen molar-refractivity contribution in [3.05, 3.63) is 51.7 Å². The molecule has 10 heteroatoms. The van der Waals surface area contributed by atoms with E-state index in [1.165, 1.54) is 12.1 Å². The Hall–Kier alpha value is -1.29. The number of hydrogen-bond donors (Lipinski definition) is 2. The van der Waals surface area contributed by atoms with E-state index in [1.54, 1.807) is 11.3 Å². The van der Waals surface area contributed by atoms with Gasteiger partial charge in [0.1, 0.15) is 0 Å². The van der Waals surface area contributed by atoms with Crippen molar-refractivity contribution in [2.75, 3.05) is 23.5 Å². The predicted molar refractivity (Wildman–Crippen MR) is 130 cm³/mol. The molecule has 0 amide bonds. The predicted octanol–water partition coefficient (Wildman–Crippen LogP) is 6.62. The number of sulfonamides is 1. The van der Waals surface area contributed by atoms with E-state index in [-0.39, 0.29) is 29.5 Å². The quantitative estimate of drug-likeness (QED) is 0.345. The Labute approximate surface area is 203 Å². The Morgan fingerprint density at radius 1 is 1.27 bits per heavy atom.